The van der Waals surface area contributed by atoms with Gasteiger partial charge in [-0.15, -0.1) is 0 Å². The van der Waals surface area contributed by atoms with Gasteiger partial charge in [-0.25, -0.2) is 9.37 Å². The third-order valence-electron chi connectivity index (χ3n) is 5.28. The van der Waals surface area contributed by atoms with Crippen LogP contribution < -0.4 is 16.0 Å². The van der Waals surface area contributed by atoms with E-state index in [0.717, 1.165) is 36.8 Å². The average molecular weight is 436 g/mol. The summed E-state index contributed by atoms with van der Waals surface area (Å²) < 4.78 is 16.3. The van der Waals surface area contributed by atoms with Crippen LogP contribution in [0.5, 0.6) is 0 Å². The molecule has 3 aromatic rings. The summed E-state index contributed by atoms with van der Waals surface area (Å²) in [6, 6.07) is 4.31. The van der Waals surface area contributed by atoms with Gasteiger partial charge in [0.2, 0.25) is 11.9 Å². The van der Waals surface area contributed by atoms with Crippen molar-refractivity contribution < 1.29 is 9.18 Å². The number of hydrogen-bond acceptors (Lipinski definition) is 7. The fourth-order valence-corrected chi connectivity index (χ4v) is 3.67. The number of rotatable bonds is 7. The second-order valence-corrected chi connectivity index (χ2v) is 7.79. The lowest BCUT2D eigenvalue weighted by Crippen LogP contribution is -2.15. The highest BCUT2D eigenvalue weighted by Crippen LogP contribution is 2.33. The SMILES string of the molecule is C=CC(=O)Nc1ccc(F)c(Nc2nc(Nc3cnn(C)c3)ncc2C2CCN(C)C2)c1. The molecule has 32 heavy (non-hydrogen) atoms. The average Bonchev–Trinajstić information content (AvgIpc) is 3.38. The molecule has 0 aliphatic carbocycles. The Morgan fingerprint density at radius 2 is 2.09 bits per heavy atom. The molecular weight excluding hydrogens is 411 g/mol. The first-order valence-electron chi connectivity index (χ1n) is 10.2. The third-order valence-corrected chi connectivity index (χ3v) is 5.28. The van der Waals surface area contributed by atoms with Crippen LogP contribution in [0.1, 0.15) is 17.9 Å². The van der Waals surface area contributed by atoms with Crippen LogP contribution in [0.3, 0.4) is 0 Å². The number of likely N-dealkylation sites (N-methyl/N-ethyl adjacent to an activating group) is 1. The van der Waals surface area contributed by atoms with E-state index in [0.29, 0.717) is 17.5 Å². The summed E-state index contributed by atoms with van der Waals surface area (Å²) in [6.07, 6.45) is 7.37. The molecule has 2 aromatic heterocycles. The molecule has 1 aromatic carbocycles. The summed E-state index contributed by atoms with van der Waals surface area (Å²) in [5.41, 5.74) is 2.30. The molecule has 3 N–H and O–H groups in total. The van der Waals surface area contributed by atoms with Gasteiger partial charge in [0, 0.05) is 43.2 Å². The zero-order valence-electron chi connectivity index (χ0n) is 18.0. The Morgan fingerprint density at radius 1 is 1.25 bits per heavy atom. The Bertz CT molecular complexity index is 1140. The van der Waals surface area contributed by atoms with E-state index in [9.17, 15) is 9.18 Å². The number of anilines is 5. The van der Waals surface area contributed by atoms with Gasteiger partial charge >= 0.3 is 0 Å². The number of nitrogens with one attached hydrogen (secondary N) is 3. The van der Waals surface area contributed by atoms with Gasteiger partial charge in [0.05, 0.1) is 17.6 Å². The van der Waals surface area contributed by atoms with Crippen molar-refractivity contribution in [1.29, 1.82) is 0 Å². The van der Waals surface area contributed by atoms with E-state index in [1.807, 2.05) is 13.2 Å². The summed E-state index contributed by atoms with van der Waals surface area (Å²) >= 11 is 0. The maximum absolute atomic E-state index is 14.6. The molecule has 1 saturated heterocycles. The van der Waals surface area contributed by atoms with E-state index >= 15 is 0 Å². The van der Waals surface area contributed by atoms with Crippen LogP contribution in [-0.4, -0.2) is 50.7 Å². The van der Waals surface area contributed by atoms with Crippen LogP contribution in [0.25, 0.3) is 0 Å². The van der Waals surface area contributed by atoms with E-state index < -0.39 is 5.82 Å². The van der Waals surface area contributed by atoms with Crippen LogP contribution in [0.15, 0.2) is 49.4 Å². The molecule has 1 aliphatic heterocycles. The molecule has 1 aliphatic rings. The highest BCUT2D eigenvalue weighted by atomic mass is 19.1. The number of halogens is 1. The van der Waals surface area contributed by atoms with Gasteiger partial charge < -0.3 is 20.9 Å². The van der Waals surface area contributed by atoms with Crippen LogP contribution in [0.2, 0.25) is 0 Å². The van der Waals surface area contributed by atoms with Gasteiger partial charge in [0.1, 0.15) is 11.6 Å². The van der Waals surface area contributed by atoms with Crippen molar-refractivity contribution in [3.8, 4) is 0 Å². The topological polar surface area (TPSA) is 100 Å². The van der Waals surface area contributed by atoms with Crippen LogP contribution in [0.4, 0.5) is 33.2 Å². The van der Waals surface area contributed by atoms with E-state index in [1.54, 1.807) is 17.1 Å². The number of aryl methyl sites for hydroxylation is 1. The van der Waals surface area contributed by atoms with Gasteiger partial charge in [-0.3, -0.25) is 9.48 Å². The van der Waals surface area contributed by atoms with Gasteiger partial charge in [0.25, 0.3) is 0 Å². The largest absolute Gasteiger partial charge is 0.337 e. The van der Waals surface area contributed by atoms with Crippen LogP contribution in [-0.2, 0) is 11.8 Å². The molecule has 166 valence electrons. The zero-order valence-corrected chi connectivity index (χ0v) is 18.0. The number of carbonyl (C=O) groups is 1. The fraction of sp³-hybridized carbons (Fsp3) is 0.273. The van der Waals surface area contributed by atoms with E-state index in [2.05, 4.69) is 49.5 Å². The van der Waals surface area contributed by atoms with E-state index in [1.165, 1.54) is 18.2 Å². The number of nitrogens with zero attached hydrogens (tertiary/aromatic N) is 5. The van der Waals surface area contributed by atoms with Gasteiger partial charge in [0.15, 0.2) is 0 Å². The number of carbonyl (C=O) groups excluding carboxylic acids is 1. The third kappa shape index (κ3) is 4.92. The first kappa shape index (κ1) is 21.4. The van der Waals surface area contributed by atoms with Crippen molar-refractivity contribution in [2.45, 2.75) is 12.3 Å². The fourth-order valence-electron chi connectivity index (χ4n) is 3.67. The maximum atomic E-state index is 14.6. The molecular formula is C22H25FN8O. The van der Waals surface area contributed by atoms with Crippen molar-refractivity contribution in [3.05, 3.63) is 60.8 Å². The molecule has 1 unspecified atom stereocenters. The lowest BCUT2D eigenvalue weighted by molar-refractivity contribution is -0.111. The molecule has 10 heteroatoms. The van der Waals surface area contributed by atoms with Crippen LogP contribution in [0, 0.1) is 5.82 Å². The minimum absolute atomic E-state index is 0.200. The number of likely N-dealkylation sites (tertiary alicyclic amines) is 1. The van der Waals surface area contributed by atoms with Gasteiger partial charge in [-0.1, -0.05) is 6.58 Å². The molecule has 3 heterocycles. The molecule has 1 amide bonds. The molecule has 9 nitrogen and oxygen atoms in total. The van der Waals surface area contributed by atoms with E-state index in [-0.39, 0.29) is 17.5 Å². The summed E-state index contributed by atoms with van der Waals surface area (Å²) in [5.74, 6) is 0.269. The smallest absolute Gasteiger partial charge is 0.247 e. The van der Waals surface area contributed by atoms with E-state index in [4.69, 9.17) is 0 Å². The number of benzene rings is 1. The lowest BCUT2D eigenvalue weighted by Gasteiger charge is -2.18. The quantitative estimate of drug-likeness (QED) is 0.488. The van der Waals surface area contributed by atoms with Crippen molar-refractivity contribution in [3.63, 3.8) is 0 Å². The normalized spacial score (nSPS) is 16.0. The van der Waals surface area contributed by atoms with Crippen LogP contribution >= 0.6 is 0 Å². The van der Waals surface area contributed by atoms with Crippen molar-refractivity contribution >= 4 is 34.7 Å². The number of amides is 1. The maximum Gasteiger partial charge on any atom is 0.247 e. The Balaban J connectivity index is 1.66. The lowest BCUT2D eigenvalue weighted by atomic mass is 10.0. The minimum atomic E-state index is -0.462. The molecule has 0 radical (unpaired) electrons. The second-order valence-electron chi connectivity index (χ2n) is 7.79. The summed E-state index contributed by atoms with van der Waals surface area (Å²) in [7, 11) is 3.89. The zero-order chi connectivity index (χ0) is 22.7. The predicted molar refractivity (Wildman–Crippen MR) is 122 cm³/mol. The highest BCUT2D eigenvalue weighted by Gasteiger charge is 2.25. The van der Waals surface area contributed by atoms with Gasteiger partial charge in [-0.2, -0.15) is 10.1 Å². The molecule has 4 rings (SSSR count). The first-order chi connectivity index (χ1) is 15.4. The molecule has 1 atom stereocenters. The Hall–Kier alpha value is -3.79. The minimum Gasteiger partial charge on any atom is -0.337 e. The van der Waals surface area contributed by atoms with Gasteiger partial charge in [-0.05, 0) is 44.3 Å². The standard InChI is InChI=1S/C22H25FN8O/c1-4-20(32)26-15-5-6-18(23)19(9-15)28-21-17(14-7-8-30(2)12-14)11-24-22(29-21)27-16-10-25-31(3)13-16/h4-6,9-11,13-14H,1,7-8,12H2,2-3H3,(H,26,32)(H2,24,27,28,29). The molecule has 0 saturated carbocycles. The predicted octanol–water partition coefficient (Wildman–Crippen LogP) is 3.38. The Kier molecular flexibility index (Phi) is 6.13. The second kappa shape index (κ2) is 9.15. The molecule has 0 spiro atoms. The summed E-state index contributed by atoms with van der Waals surface area (Å²) in [5, 5.41) is 13.0. The van der Waals surface area contributed by atoms with Crippen molar-refractivity contribution in [2.24, 2.45) is 7.05 Å². The Morgan fingerprint density at radius 3 is 2.78 bits per heavy atom. The summed E-state index contributed by atoms with van der Waals surface area (Å²) in [6.45, 7) is 5.27. The Labute approximate surface area is 185 Å². The molecule has 1 fully saturated rings. The van der Waals surface area contributed by atoms with Crippen molar-refractivity contribution in [1.82, 2.24) is 24.6 Å². The first-order valence-corrected chi connectivity index (χ1v) is 10.2. The number of aromatic nitrogens is 4. The monoisotopic (exact) mass is 436 g/mol. The molecule has 0 bridgehead atoms. The highest BCUT2D eigenvalue weighted by molar-refractivity contribution is 5.99. The number of hydrogen-bond donors (Lipinski definition) is 3. The summed E-state index contributed by atoms with van der Waals surface area (Å²) in [4.78, 5) is 23.0. The van der Waals surface area contributed by atoms with Crippen molar-refractivity contribution in [2.75, 3.05) is 36.1 Å².